The Morgan fingerprint density at radius 1 is 0.968 bits per heavy atom. The number of benzene rings is 2. The Morgan fingerprint density at radius 2 is 1.81 bits per heavy atom. The van der Waals surface area contributed by atoms with Gasteiger partial charge in [0.1, 0.15) is 18.0 Å². The van der Waals surface area contributed by atoms with E-state index in [2.05, 4.69) is 24.8 Å². The van der Waals surface area contributed by atoms with E-state index in [9.17, 15) is 0 Å². The summed E-state index contributed by atoms with van der Waals surface area (Å²) in [6, 6.07) is 21.8. The van der Waals surface area contributed by atoms with Gasteiger partial charge in [0, 0.05) is 12.4 Å². The summed E-state index contributed by atoms with van der Waals surface area (Å²) in [5, 5.41) is 3.06. The number of rotatable bonds is 4. The zero-order valence-corrected chi connectivity index (χ0v) is 16.5. The highest BCUT2D eigenvalue weighted by molar-refractivity contribution is 5.94. The van der Waals surface area contributed by atoms with Crippen molar-refractivity contribution >= 4 is 28.6 Å². The maximum Gasteiger partial charge on any atom is 0.212 e. The van der Waals surface area contributed by atoms with E-state index in [-0.39, 0.29) is 6.17 Å². The van der Waals surface area contributed by atoms with Crippen molar-refractivity contribution in [3.05, 3.63) is 90.4 Å². The number of nitrogens with zero attached hydrogens (tertiary/aromatic N) is 5. The number of pyridine rings is 1. The molecule has 0 bridgehead atoms. The zero-order valence-electron chi connectivity index (χ0n) is 16.5. The summed E-state index contributed by atoms with van der Waals surface area (Å²) in [5.74, 6) is 1.80. The van der Waals surface area contributed by atoms with Crippen LogP contribution in [0.4, 0.5) is 5.95 Å². The summed E-state index contributed by atoms with van der Waals surface area (Å²) in [6.07, 6.45) is 3.65. The summed E-state index contributed by atoms with van der Waals surface area (Å²) >= 11 is 0. The average molecular weight is 409 g/mol. The number of hydrogen-bond acceptors (Lipinski definition) is 6. The largest absolute Gasteiger partial charge is 0.487 e. The van der Waals surface area contributed by atoms with Crippen molar-refractivity contribution in [2.45, 2.75) is 12.8 Å². The van der Waals surface area contributed by atoms with Crippen LogP contribution in [0.5, 0.6) is 5.75 Å². The predicted octanol–water partition coefficient (Wildman–Crippen LogP) is 3.55. The molecule has 8 heteroatoms. The minimum absolute atomic E-state index is 0.295. The molecule has 3 aromatic heterocycles. The van der Waals surface area contributed by atoms with Gasteiger partial charge in [0.25, 0.3) is 0 Å². The third-order valence-corrected chi connectivity index (χ3v) is 5.32. The highest BCUT2D eigenvalue weighted by atomic mass is 16.5. The van der Waals surface area contributed by atoms with E-state index in [0.29, 0.717) is 18.5 Å². The molecule has 2 aromatic carbocycles. The van der Waals surface area contributed by atoms with Gasteiger partial charge in [0.05, 0.1) is 16.7 Å². The molecule has 0 saturated carbocycles. The standard InChI is InChI=1S/C23H19N7O/c24-22-27-21(30-19-6-2-1-5-18(19)26-23(30)28-22)15-8-10-17(11-9-15)31-14-16-13-29-12-4-3-7-20(29)25-16/h1-13,21H,14H2,(H3,24,26,27,28)/t21-/m0/s1. The number of aliphatic imine (C=N–C) groups is 1. The quantitative estimate of drug-likeness (QED) is 0.473. The van der Waals surface area contributed by atoms with Crippen molar-refractivity contribution in [3.63, 3.8) is 0 Å². The first-order valence-electron chi connectivity index (χ1n) is 9.97. The molecule has 0 aliphatic carbocycles. The van der Waals surface area contributed by atoms with Crippen molar-refractivity contribution in [2.24, 2.45) is 10.7 Å². The number of para-hydroxylation sites is 2. The Balaban J connectivity index is 1.26. The Morgan fingerprint density at radius 3 is 2.68 bits per heavy atom. The van der Waals surface area contributed by atoms with Crippen molar-refractivity contribution in [1.82, 2.24) is 18.9 Å². The number of ether oxygens (including phenoxy) is 1. The van der Waals surface area contributed by atoms with Crippen molar-refractivity contribution in [3.8, 4) is 5.75 Å². The lowest BCUT2D eigenvalue weighted by Crippen LogP contribution is -2.31. The van der Waals surface area contributed by atoms with Crippen LogP contribution in [0.1, 0.15) is 17.4 Å². The lowest BCUT2D eigenvalue weighted by molar-refractivity contribution is 0.302. The van der Waals surface area contributed by atoms with Crippen LogP contribution in [0.3, 0.4) is 0 Å². The number of guanidine groups is 1. The second-order valence-corrected chi connectivity index (χ2v) is 7.36. The normalized spacial score (nSPS) is 15.5. The van der Waals surface area contributed by atoms with Crippen LogP contribution in [-0.4, -0.2) is 24.9 Å². The summed E-state index contributed by atoms with van der Waals surface area (Å²) in [4.78, 5) is 13.8. The second-order valence-electron chi connectivity index (χ2n) is 7.36. The molecule has 0 radical (unpaired) electrons. The van der Waals surface area contributed by atoms with Gasteiger partial charge in [-0.05, 0) is 42.0 Å². The van der Waals surface area contributed by atoms with Crippen molar-refractivity contribution < 1.29 is 4.74 Å². The maximum absolute atomic E-state index is 6.03. The molecule has 8 nitrogen and oxygen atoms in total. The summed E-state index contributed by atoms with van der Waals surface area (Å²) < 4.78 is 9.98. The van der Waals surface area contributed by atoms with Gasteiger partial charge in [0.2, 0.25) is 5.95 Å². The fourth-order valence-corrected chi connectivity index (χ4v) is 3.89. The van der Waals surface area contributed by atoms with Crippen LogP contribution < -0.4 is 15.8 Å². The molecular formula is C23H19N7O. The minimum atomic E-state index is -0.295. The molecule has 1 atom stereocenters. The number of fused-ring (bicyclic) bond motifs is 4. The van der Waals surface area contributed by atoms with Crippen LogP contribution in [0.15, 0.2) is 84.1 Å². The first-order chi connectivity index (χ1) is 15.2. The SMILES string of the molecule is NC1=N[C@H](c2ccc(OCc3cn4ccccc4n3)cc2)n2c(nc3ccccc32)N1. The van der Waals surface area contributed by atoms with E-state index in [1.54, 1.807) is 0 Å². The molecule has 0 amide bonds. The average Bonchev–Trinajstić information content (AvgIpc) is 3.38. The van der Waals surface area contributed by atoms with E-state index < -0.39 is 0 Å². The third-order valence-electron chi connectivity index (χ3n) is 5.32. The molecule has 6 rings (SSSR count). The van der Waals surface area contributed by atoms with Crippen LogP contribution in [0.2, 0.25) is 0 Å². The van der Waals surface area contributed by atoms with Gasteiger partial charge >= 0.3 is 0 Å². The highest BCUT2D eigenvalue weighted by Crippen LogP contribution is 2.32. The molecular weight excluding hydrogens is 390 g/mol. The van der Waals surface area contributed by atoms with Gasteiger partial charge in [-0.15, -0.1) is 0 Å². The van der Waals surface area contributed by atoms with Gasteiger partial charge < -0.3 is 14.9 Å². The van der Waals surface area contributed by atoms with E-state index in [0.717, 1.165) is 33.7 Å². The van der Waals surface area contributed by atoms with Gasteiger partial charge in [-0.3, -0.25) is 9.88 Å². The predicted molar refractivity (Wildman–Crippen MR) is 119 cm³/mol. The summed E-state index contributed by atoms with van der Waals surface area (Å²) in [7, 11) is 0. The third kappa shape index (κ3) is 3.05. The number of nitrogens with two attached hydrogens (primary N) is 1. The highest BCUT2D eigenvalue weighted by Gasteiger charge is 2.24. The number of nitrogens with one attached hydrogen (secondary N) is 1. The summed E-state index contributed by atoms with van der Waals surface area (Å²) in [5.41, 5.74) is 10.7. The molecule has 3 N–H and O–H groups in total. The lowest BCUT2D eigenvalue weighted by Gasteiger charge is -2.24. The molecule has 1 aliphatic rings. The molecule has 0 spiro atoms. The molecule has 31 heavy (non-hydrogen) atoms. The van der Waals surface area contributed by atoms with Crippen LogP contribution >= 0.6 is 0 Å². The van der Waals surface area contributed by atoms with E-state index in [1.165, 1.54) is 0 Å². The lowest BCUT2D eigenvalue weighted by atomic mass is 10.1. The molecule has 4 heterocycles. The fourth-order valence-electron chi connectivity index (χ4n) is 3.89. The van der Waals surface area contributed by atoms with Crippen LogP contribution in [-0.2, 0) is 6.61 Å². The Hall–Kier alpha value is -4.33. The monoisotopic (exact) mass is 409 g/mol. The van der Waals surface area contributed by atoms with E-state index >= 15 is 0 Å². The second kappa shape index (κ2) is 6.88. The number of imidazole rings is 2. The topological polar surface area (TPSA) is 94.8 Å². The Kier molecular flexibility index (Phi) is 3.89. The Bertz CT molecular complexity index is 1400. The first-order valence-corrected chi connectivity index (χ1v) is 9.97. The van der Waals surface area contributed by atoms with Crippen LogP contribution in [0, 0.1) is 0 Å². The number of hydrogen-bond donors (Lipinski definition) is 2. The molecule has 0 fully saturated rings. The number of aromatic nitrogens is 4. The van der Waals surface area contributed by atoms with Crippen molar-refractivity contribution in [1.29, 1.82) is 0 Å². The fraction of sp³-hybridized carbons (Fsp3) is 0.0870. The maximum atomic E-state index is 6.03. The molecule has 0 unspecified atom stereocenters. The van der Waals surface area contributed by atoms with E-state index in [1.807, 2.05) is 83.5 Å². The number of anilines is 1. The van der Waals surface area contributed by atoms with Gasteiger partial charge in [-0.2, -0.15) is 0 Å². The molecule has 0 saturated heterocycles. The van der Waals surface area contributed by atoms with Crippen molar-refractivity contribution in [2.75, 3.05) is 5.32 Å². The minimum Gasteiger partial charge on any atom is -0.487 e. The van der Waals surface area contributed by atoms with Crippen LogP contribution in [0.25, 0.3) is 16.7 Å². The summed E-state index contributed by atoms with van der Waals surface area (Å²) in [6.45, 7) is 0.399. The first kappa shape index (κ1) is 17.5. The molecule has 152 valence electrons. The van der Waals surface area contributed by atoms with E-state index in [4.69, 9.17) is 10.5 Å². The van der Waals surface area contributed by atoms with Gasteiger partial charge in [-0.25, -0.2) is 15.0 Å². The Labute approximate surface area is 177 Å². The smallest absolute Gasteiger partial charge is 0.212 e. The van der Waals surface area contributed by atoms with Gasteiger partial charge in [0.15, 0.2) is 12.1 Å². The molecule has 5 aromatic rings. The van der Waals surface area contributed by atoms with Gasteiger partial charge in [-0.1, -0.05) is 30.3 Å². The molecule has 1 aliphatic heterocycles. The zero-order chi connectivity index (χ0) is 20.8.